The Kier molecular flexibility index (Phi) is 5.15. The number of carbonyl (C=O) groups excluding carboxylic acids is 1. The van der Waals surface area contributed by atoms with Gasteiger partial charge < -0.3 is 5.32 Å². The van der Waals surface area contributed by atoms with Crippen LogP contribution in [0.15, 0.2) is 53.7 Å². The smallest absolute Gasteiger partial charge is 0.244 e. The number of rotatable bonds is 5. The second-order valence-corrected chi connectivity index (χ2v) is 8.21. The third-order valence-corrected chi connectivity index (χ3v) is 6.20. The van der Waals surface area contributed by atoms with Crippen LogP contribution in [0.4, 0.5) is 0 Å². The van der Waals surface area contributed by atoms with Crippen LogP contribution in [0.3, 0.4) is 0 Å². The molecule has 25 heavy (non-hydrogen) atoms. The number of likely N-dealkylation sites (N-methyl/N-ethyl adjacent to an activating group) is 1. The highest BCUT2D eigenvalue weighted by atomic mass is 32.2. The Bertz CT molecular complexity index is 853. The van der Waals surface area contributed by atoms with Crippen molar-refractivity contribution in [3.05, 3.63) is 59.9 Å². The summed E-state index contributed by atoms with van der Waals surface area (Å²) in [5.41, 5.74) is 2.37. The van der Waals surface area contributed by atoms with E-state index in [9.17, 15) is 13.2 Å². The van der Waals surface area contributed by atoms with E-state index in [2.05, 4.69) is 16.4 Å². The molecule has 0 fully saturated rings. The number of aromatic nitrogens is 1. The maximum atomic E-state index is 12.5. The fraction of sp³-hybridized carbons (Fsp3) is 0.333. The SMILES string of the molecule is CN(CC(=O)NC1CCCc2ccccc21)S(=O)(=O)c1cccnc1. The minimum absolute atomic E-state index is 0.0630. The van der Waals surface area contributed by atoms with Crippen LogP contribution in [0.25, 0.3) is 0 Å². The summed E-state index contributed by atoms with van der Waals surface area (Å²) in [6, 6.07) is 11.0. The molecule has 0 aliphatic heterocycles. The molecule has 1 heterocycles. The van der Waals surface area contributed by atoms with Gasteiger partial charge in [-0.1, -0.05) is 24.3 Å². The molecule has 0 radical (unpaired) electrons. The minimum Gasteiger partial charge on any atom is -0.348 e. The Morgan fingerprint density at radius 2 is 2.08 bits per heavy atom. The molecule has 1 N–H and O–H groups in total. The maximum Gasteiger partial charge on any atom is 0.244 e. The van der Waals surface area contributed by atoms with Crippen molar-refractivity contribution in [1.29, 1.82) is 0 Å². The zero-order chi connectivity index (χ0) is 17.9. The molecule has 0 saturated carbocycles. The molecule has 1 aliphatic carbocycles. The van der Waals surface area contributed by atoms with Crippen molar-refractivity contribution in [1.82, 2.24) is 14.6 Å². The molecule has 7 heteroatoms. The van der Waals surface area contributed by atoms with E-state index in [-0.39, 0.29) is 23.4 Å². The fourth-order valence-electron chi connectivity index (χ4n) is 3.11. The van der Waals surface area contributed by atoms with Crippen molar-refractivity contribution < 1.29 is 13.2 Å². The largest absolute Gasteiger partial charge is 0.348 e. The number of nitrogens with one attached hydrogen (secondary N) is 1. The molecule has 1 unspecified atom stereocenters. The number of fused-ring (bicyclic) bond motifs is 1. The number of nitrogens with zero attached hydrogens (tertiary/aromatic N) is 2. The van der Waals surface area contributed by atoms with E-state index >= 15 is 0 Å². The monoisotopic (exact) mass is 359 g/mol. The van der Waals surface area contributed by atoms with Gasteiger partial charge >= 0.3 is 0 Å². The lowest BCUT2D eigenvalue weighted by Gasteiger charge is -2.27. The first-order valence-corrected chi connectivity index (χ1v) is 9.66. The normalized spacial score (nSPS) is 17.1. The maximum absolute atomic E-state index is 12.5. The topological polar surface area (TPSA) is 79.4 Å². The Morgan fingerprint density at radius 1 is 1.28 bits per heavy atom. The number of pyridine rings is 1. The summed E-state index contributed by atoms with van der Waals surface area (Å²) in [6.07, 6.45) is 5.67. The second-order valence-electron chi connectivity index (χ2n) is 6.16. The van der Waals surface area contributed by atoms with Gasteiger partial charge in [-0.2, -0.15) is 4.31 Å². The summed E-state index contributed by atoms with van der Waals surface area (Å²) in [5.74, 6) is -0.309. The summed E-state index contributed by atoms with van der Waals surface area (Å²) in [4.78, 5) is 16.3. The number of hydrogen-bond donors (Lipinski definition) is 1. The highest BCUT2D eigenvalue weighted by Gasteiger charge is 2.26. The summed E-state index contributed by atoms with van der Waals surface area (Å²) in [6.45, 7) is -0.226. The van der Waals surface area contributed by atoms with E-state index < -0.39 is 10.0 Å². The van der Waals surface area contributed by atoms with E-state index in [4.69, 9.17) is 0 Å². The molecule has 0 saturated heterocycles. The first-order chi connectivity index (χ1) is 12.0. The standard InChI is InChI=1S/C18H21N3O3S/c1-21(25(23,24)15-8-5-11-19-12-15)13-18(22)20-17-10-4-7-14-6-2-3-9-16(14)17/h2-3,5-6,8-9,11-12,17H,4,7,10,13H2,1H3,(H,20,22). The molecule has 3 rings (SSSR count). The predicted octanol–water partition coefficient (Wildman–Crippen LogP) is 1.90. The third-order valence-electron chi connectivity index (χ3n) is 4.41. The number of amides is 1. The first kappa shape index (κ1) is 17.6. The van der Waals surface area contributed by atoms with Gasteiger partial charge in [0.05, 0.1) is 12.6 Å². The Morgan fingerprint density at radius 3 is 2.84 bits per heavy atom. The van der Waals surface area contributed by atoms with E-state index in [0.29, 0.717) is 0 Å². The summed E-state index contributed by atoms with van der Waals surface area (Å²) in [5, 5.41) is 2.97. The van der Waals surface area contributed by atoms with Gasteiger partial charge in [-0.3, -0.25) is 9.78 Å². The molecule has 6 nitrogen and oxygen atoms in total. The lowest BCUT2D eigenvalue weighted by molar-refractivity contribution is -0.122. The lowest BCUT2D eigenvalue weighted by Crippen LogP contribution is -2.40. The van der Waals surface area contributed by atoms with Gasteiger partial charge in [0.2, 0.25) is 15.9 Å². The van der Waals surface area contributed by atoms with Crippen molar-refractivity contribution in [2.24, 2.45) is 0 Å². The molecule has 2 aromatic rings. The van der Waals surface area contributed by atoms with E-state index in [1.54, 1.807) is 6.07 Å². The van der Waals surface area contributed by atoms with Gasteiger partial charge in [-0.15, -0.1) is 0 Å². The summed E-state index contributed by atoms with van der Waals surface area (Å²) in [7, 11) is -2.33. The van der Waals surface area contributed by atoms with E-state index in [1.165, 1.54) is 31.1 Å². The molecule has 0 spiro atoms. The molecule has 1 aromatic heterocycles. The fourth-order valence-corrected chi connectivity index (χ4v) is 4.20. The molecule has 1 amide bonds. The second kappa shape index (κ2) is 7.33. The molecular formula is C18H21N3O3S. The number of hydrogen-bond acceptors (Lipinski definition) is 4. The first-order valence-electron chi connectivity index (χ1n) is 8.22. The number of aryl methyl sites for hydroxylation is 1. The van der Waals surface area contributed by atoms with Gasteiger partial charge in [0.1, 0.15) is 4.90 Å². The number of benzene rings is 1. The van der Waals surface area contributed by atoms with Crippen molar-refractivity contribution in [2.45, 2.75) is 30.2 Å². The van der Waals surface area contributed by atoms with Crippen molar-refractivity contribution in [3.63, 3.8) is 0 Å². The van der Waals surface area contributed by atoms with Crippen LogP contribution in [-0.4, -0.2) is 37.2 Å². The number of sulfonamides is 1. The molecule has 1 atom stereocenters. The Hall–Kier alpha value is -2.25. The highest BCUT2D eigenvalue weighted by Crippen LogP contribution is 2.29. The van der Waals surface area contributed by atoms with Gasteiger partial charge in [0.15, 0.2) is 0 Å². The third kappa shape index (κ3) is 3.88. The van der Waals surface area contributed by atoms with Gasteiger partial charge in [-0.05, 0) is 42.5 Å². The zero-order valence-electron chi connectivity index (χ0n) is 14.1. The molecular weight excluding hydrogens is 338 g/mol. The van der Waals surface area contributed by atoms with Crippen LogP contribution in [0, 0.1) is 0 Å². The van der Waals surface area contributed by atoms with Crippen molar-refractivity contribution >= 4 is 15.9 Å². The molecule has 1 aliphatic rings. The van der Waals surface area contributed by atoms with Crippen molar-refractivity contribution in [2.75, 3.05) is 13.6 Å². The van der Waals surface area contributed by atoms with E-state index in [1.807, 2.05) is 18.2 Å². The Balaban J connectivity index is 1.67. The Labute approximate surface area is 147 Å². The predicted molar refractivity (Wildman–Crippen MR) is 94.3 cm³/mol. The van der Waals surface area contributed by atoms with Gasteiger partial charge in [-0.25, -0.2) is 8.42 Å². The van der Waals surface area contributed by atoms with Crippen LogP contribution in [-0.2, 0) is 21.2 Å². The van der Waals surface area contributed by atoms with Crippen LogP contribution in [0.2, 0.25) is 0 Å². The number of carbonyl (C=O) groups is 1. The molecule has 132 valence electrons. The average molecular weight is 359 g/mol. The van der Waals surface area contributed by atoms with Crippen LogP contribution < -0.4 is 5.32 Å². The van der Waals surface area contributed by atoms with Crippen LogP contribution in [0.1, 0.15) is 30.0 Å². The summed E-state index contributed by atoms with van der Waals surface area (Å²) < 4.78 is 26.0. The zero-order valence-corrected chi connectivity index (χ0v) is 14.9. The van der Waals surface area contributed by atoms with Crippen molar-refractivity contribution in [3.8, 4) is 0 Å². The summed E-state index contributed by atoms with van der Waals surface area (Å²) >= 11 is 0. The highest BCUT2D eigenvalue weighted by molar-refractivity contribution is 7.89. The van der Waals surface area contributed by atoms with Crippen LogP contribution >= 0.6 is 0 Å². The molecule has 1 aromatic carbocycles. The lowest BCUT2D eigenvalue weighted by atomic mass is 9.88. The quantitative estimate of drug-likeness (QED) is 0.884. The van der Waals surface area contributed by atoms with E-state index in [0.717, 1.165) is 29.1 Å². The van der Waals surface area contributed by atoms with Crippen LogP contribution in [0.5, 0.6) is 0 Å². The minimum atomic E-state index is -3.73. The average Bonchev–Trinajstić information content (AvgIpc) is 2.62. The molecule has 0 bridgehead atoms. The van der Waals surface area contributed by atoms with Gasteiger partial charge in [0, 0.05) is 19.4 Å². The van der Waals surface area contributed by atoms with Gasteiger partial charge in [0.25, 0.3) is 0 Å².